The highest BCUT2D eigenvalue weighted by molar-refractivity contribution is 7.08. The SMILES string of the molecule is CCCC(C)NC(=O)Cn1c(=O)/c(=C\c2ccsc2)s/c1=C\C(=O)C(C)(C)C. The van der Waals surface area contributed by atoms with Gasteiger partial charge in [-0.3, -0.25) is 19.0 Å². The lowest BCUT2D eigenvalue weighted by Gasteiger charge is -2.14. The minimum atomic E-state index is -0.556. The smallest absolute Gasteiger partial charge is 0.269 e. The minimum absolute atomic E-state index is 0.0484. The Kier molecular flexibility index (Phi) is 7.55. The summed E-state index contributed by atoms with van der Waals surface area (Å²) < 4.78 is 2.42. The molecule has 2 rings (SSSR count). The second kappa shape index (κ2) is 9.47. The minimum Gasteiger partial charge on any atom is -0.352 e. The summed E-state index contributed by atoms with van der Waals surface area (Å²) in [6.45, 7) is 9.41. The van der Waals surface area contributed by atoms with Gasteiger partial charge in [-0.1, -0.05) is 34.1 Å². The van der Waals surface area contributed by atoms with Crippen molar-refractivity contribution in [2.75, 3.05) is 0 Å². The van der Waals surface area contributed by atoms with Gasteiger partial charge in [0.25, 0.3) is 5.56 Å². The summed E-state index contributed by atoms with van der Waals surface area (Å²) in [7, 11) is 0. The third kappa shape index (κ3) is 6.01. The van der Waals surface area contributed by atoms with Gasteiger partial charge >= 0.3 is 0 Å². The Morgan fingerprint density at radius 2 is 2.04 bits per heavy atom. The first-order valence-electron chi connectivity index (χ1n) is 9.41. The van der Waals surface area contributed by atoms with Gasteiger partial charge in [0.2, 0.25) is 5.91 Å². The van der Waals surface area contributed by atoms with E-state index < -0.39 is 5.41 Å². The fraction of sp³-hybridized carbons (Fsp3) is 0.476. The van der Waals surface area contributed by atoms with E-state index in [1.807, 2.05) is 44.5 Å². The van der Waals surface area contributed by atoms with Crippen LogP contribution >= 0.6 is 22.7 Å². The largest absolute Gasteiger partial charge is 0.352 e. The molecule has 0 saturated carbocycles. The van der Waals surface area contributed by atoms with Crippen molar-refractivity contribution in [3.8, 4) is 0 Å². The molecule has 1 N–H and O–H groups in total. The number of thiazole rings is 1. The first-order valence-corrected chi connectivity index (χ1v) is 11.2. The van der Waals surface area contributed by atoms with E-state index in [0.717, 1.165) is 18.4 Å². The van der Waals surface area contributed by atoms with Crippen LogP contribution in [0.25, 0.3) is 12.2 Å². The molecule has 0 aliphatic rings. The molecule has 28 heavy (non-hydrogen) atoms. The summed E-state index contributed by atoms with van der Waals surface area (Å²) in [6, 6.07) is 1.98. The molecule has 1 unspecified atom stereocenters. The van der Waals surface area contributed by atoms with Crippen LogP contribution in [-0.4, -0.2) is 22.3 Å². The predicted octanol–water partition coefficient (Wildman–Crippen LogP) is 2.50. The van der Waals surface area contributed by atoms with Crippen molar-refractivity contribution in [3.05, 3.63) is 41.9 Å². The normalized spacial score (nSPS) is 14.3. The lowest BCUT2D eigenvalue weighted by atomic mass is 9.91. The summed E-state index contributed by atoms with van der Waals surface area (Å²) in [5, 5.41) is 6.81. The van der Waals surface area contributed by atoms with E-state index in [1.165, 1.54) is 22.0 Å². The first kappa shape index (κ1) is 22.3. The highest BCUT2D eigenvalue weighted by atomic mass is 32.1. The second-order valence-corrected chi connectivity index (χ2v) is 9.75. The summed E-state index contributed by atoms with van der Waals surface area (Å²) in [5.41, 5.74) is 0.132. The molecule has 0 aliphatic heterocycles. The maximum atomic E-state index is 12.9. The molecule has 152 valence electrons. The van der Waals surface area contributed by atoms with Crippen molar-refractivity contribution >= 4 is 46.5 Å². The maximum Gasteiger partial charge on any atom is 0.269 e. The van der Waals surface area contributed by atoms with Gasteiger partial charge in [-0.2, -0.15) is 11.3 Å². The molecule has 0 spiro atoms. The lowest BCUT2D eigenvalue weighted by molar-refractivity contribution is -0.122. The molecule has 7 heteroatoms. The molecule has 2 heterocycles. The number of nitrogens with one attached hydrogen (secondary N) is 1. The van der Waals surface area contributed by atoms with Crippen LogP contribution in [0.15, 0.2) is 21.6 Å². The quantitative estimate of drug-likeness (QED) is 0.748. The van der Waals surface area contributed by atoms with Gasteiger partial charge in [0.1, 0.15) is 11.2 Å². The summed E-state index contributed by atoms with van der Waals surface area (Å²) >= 11 is 2.79. The van der Waals surface area contributed by atoms with Crippen LogP contribution in [0.3, 0.4) is 0 Å². The monoisotopic (exact) mass is 420 g/mol. The van der Waals surface area contributed by atoms with Crippen LogP contribution in [0.4, 0.5) is 0 Å². The fourth-order valence-corrected chi connectivity index (χ4v) is 4.26. The van der Waals surface area contributed by atoms with E-state index in [4.69, 9.17) is 0 Å². The summed E-state index contributed by atoms with van der Waals surface area (Å²) in [6.07, 6.45) is 5.14. The molecule has 1 amide bonds. The van der Waals surface area contributed by atoms with Crippen LogP contribution in [0, 0.1) is 5.41 Å². The summed E-state index contributed by atoms with van der Waals surface area (Å²) in [5.74, 6) is -0.301. The lowest BCUT2D eigenvalue weighted by Crippen LogP contribution is -2.41. The number of rotatable bonds is 7. The zero-order valence-electron chi connectivity index (χ0n) is 17.1. The Morgan fingerprint density at radius 1 is 1.32 bits per heavy atom. The molecule has 0 aliphatic carbocycles. The maximum absolute atomic E-state index is 12.9. The fourth-order valence-electron chi connectivity index (χ4n) is 2.60. The van der Waals surface area contributed by atoms with Crippen molar-refractivity contribution in [2.24, 2.45) is 5.41 Å². The third-order valence-corrected chi connectivity index (χ3v) is 5.96. The van der Waals surface area contributed by atoms with Crippen molar-refractivity contribution in [1.82, 2.24) is 9.88 Å². The number of thiophene rings is 1. The number of carbonyl (C=O) groups excluding carboxylic acids is 2. The molecule has 2 aromatic heterocycles. The van der Waals surface area contributed by atoms with Crippen LogP contribution in [-0.2, 0) is 16.1 Å². The number of Topliss-reactive ketones (excluding diaryl/α,β-unsaturated/α-hetero) is 1. The van der Waals surface area contributed by atoms with Gasteiger partial charge in [0.05, 0.1) is 4.53 Å². The molecule has 0 aromatic carbocycles. The molecule has 0 bridgehead atoms. The zero-order valence-corrected chi connectivity index (χ0v) is 18.7. The van der Waals surface area contributed by atoms with Crippen molar-refractivity contribution in [2.45, 2.75) is 60.0 Å². The average Bonchev–Trinajstić information content (AvgIpc) is 3.18. The highest BCUT2D eigenvalue weighted by Gasteiger charge is 2.20. The van der Waals surface area contributed by atoms with Crippen LogP contribution in [0.5, 0.6) is 0 Å². The number of amides is 1. The molecular formula is C21H28N2O3S2. The number of carbonyl (C=O) groups is 2. The first-order chi connectivity index (χ1) is 13.1. The molecule has 0 saturated heterocycles. The Hall–Kier alpha value is -1.99. The zero-order chi connectivity index (χ0) is 20.9. The Balaban J connectivity index is 2.48. The molecule has 2 aromatic rings. The van der Waals surface area contributed by atoms with Crippen LogP contribution in [0.1, 0.15) is 53.0 Å². The molecule has 1 atom stereocenters. The Morgan fingerprint density at radius 3 is 2.61 bits per heavy atom. The van der Waals surface area contributed by atoms with E-state index in [0.29, 0.717) is 9.20 Å². The van der Waals surface area contributed by atoms with Gasteiger partial charge in [-0.05, 0) is 41.8 Å². The number of aromatic nitrogens is 1. The van der Waals surface area contributed by atoms with Gasteiger partial charge in [0, 0.05) is 17.5 Å². The van der Waals surface area contributed by atoms with Gasteiger partial charge in [0.15, 0.2) is 5.78 Å². The molecular weight excluding hydrogens is 392 g/mol. The van der Waals surface area contributed by atoms with Crippen molar-refractivity contribution in [1.29, 1.82) is 0 Å². The average molecular weight is 421 g/mol. The molecule has 0 radical (unpaired) electrons. The van der Waals surface area contributed by atoms with Gasteiger partial charge in [-0.15, -0.1) is 11.3 Å². The summed E-state index contributed by atoms with van der Waals surface area (Å²) in [4.78, 5) is 37.9. The van der Waals surface area contributed by atoms with Crippen LogP contribution in [0.2, 0.25) is 0 Å². The molecule has 5 nitrogen and oxygen atoms in total. The Labute approximate surface area is 173 Å². The number of hydrogen-bond donors (Lipinski definition) is 1. The van der Waals surface area contributed by atoms with Gasteiger partial charge in [-0.25, -0.2) is 0 Å². The number of ketones is 1. The third-order valence-electron chi connectivity index (χ3n) is 4.20. The second-order valence-electron chi connectivity index (χ2n) is 7.91. The van der Waals surface area contributed by atoms with E-state index >= 15 is 0 Å². The van der Waals surface area contributed by atoms with E-state index in [-0.39, 0.29) is 29.8 Å². The predicted molar refractivity (Wildman–Crippen MR) is 117 cm³/mol. The van der Waals surface area contributed by atoms with E-state index in [9.17, 15) is 14.4 Å². The van der Waals surface area contributed by atoms with E-state index in [2.05, 4.69) is 12.2 Å². The van der Waals surface area contributed by atoms with Gasteiger partial charge < -0.3 is 5.32 Å². The van der Waals surface area contributed by atoms with Crippen molar-refractivity contribution < 1.29 is 9.59 Å². The van der Waals surface area contributed by atoms with E-state index in [1.54, 1.807) is 17.4 Å². The molecule has 0 fully saturated rings. The number of hydrogen-bond acceptors (Lipinski definition) is 5. The van der Waals surface area contributed by atoms with Crippen molar-refractivity contribution in [3.63, 3.8) is 0 Å². The highest BCUT2D eigenvalue weighted by Crippen LogP contribution is 2.14. The Bertz CT molecular complexity index is 992. The number of nitrogens with zero attached hydrogens (tertiary/aromatic N) is 1. The topological polar surface area (TPSA) is 68.2 Å². The standard InChI is InChI=1S/C21H28N2O3S2/c1-6-7-14(2)22-18(25)12-23-19(11-17(24)21(3,4)5)28-16(20(23)26)10-15-8-9-27-13-15/h8-11,13-14H,6-7,12H2,1-5H3,(H,22,25)/b16-10+,19-11-. The van der Waals surface area contributed by atoms with Crippen LogP contribution < -0.4 is 20.1 Å².